The Morgan fingerprint density at radius 2 is 0.813 bits per heavy atom. The first-order chi connectivity index (χ1) is 36.4. The number of amides is 1. The zero-order valence-electron chi connectivity index (χ0n) is 50.3. The highest BCUT2D eigenvalue weighted by Gasteiger charge is 2.27. The standard InChI is InChI=1S/C65H123N2O7P/c1-7-10-13-16-19-22-25-27-29-31-32-33-34-36-38-40-43-46-49-52-55-58-65(69)74-63(56-53-50-47-44-41-24-21-18-15-12-9-3)62(61-73-75(70,71)72-60-59-67(4,5)6)66-64(68)57-54-51-48-45-42-39-37-35-30-28-26-23-20-17-14-11-8-2/h20,23,28,30,37,39,53,56,62-63H,7-19,21-22,24-27,29,31-36,38,40-52,54-55,57-61H2,1-6H3,(H-,66,68,70,71)/b23-20-,30-28-,39-37-,56-53+. The summed E-state index contributed by atoms with van der Waals surface area (Å²) < 4.78 is 30.3. The third kappa shape index (κ3) is 56.5. The molecule has 0 aliphatic carbocycles. The molecule has 3 atom stereocenters. The number of rotatable bonds is 58. The van der Waals surface area contributed by atoms with Gasteiger partial charge in [-0.1, -0.05) is 269 Å². The monoisotopic (exact) mass is 1070 g/mol. The van der Waals surface area contributed by atoms with E-state index in [1.807, 2.05) is 33.3 Å². The summed E-state index contributed by atoms with van der Waals surface area (Å²) in [5.41, 5.74) is 0. The Morgan fingerprint density at radius 1 is 0.467 bits per heavy atom. The number of nitrogens with zero attached hydrogens (tertiary/aromatic N) is 1. The number of ether oxygens (including phenoxy) is 1. The van der Waals surface area contributed by atoms with Crippen LogP contribution in [-0.4, -0.2) is 69.4 Å². The second kappa shape index (κ2) is 55.3. The lowest BCUT2D eigenvalue weighted by atomic mass is 10.0. The van der Waals surface area contributed by atoms with Crippen molar-refractivity contribution in [3.8, 4) is 0 Å². The molecule has 0 rings (SSSR count). The molecule has 0 aromatic heterocycles. The van der Waals surface area contributed by atoms with E-state index in [1.54, 1.807) is 0 Å². The molecular formula is C65H123N2O7P. The first-order valence-electron chi connectivity index (χ1n) is 31.9. The predicted octanol–water partition coefficient (Wildman–Crippen LogP) is 19.0. The number of hydrogen-bond acceptors (Lipinski definition) is 7. The fourth-order valence-corrected chi connectivity index (χ4v) is 10.0. The van der Waals surface area contributed by atoms with Gasteiger partial charge in [0.25, 0.3) is 7.82 Å². The van der Waals surface area contributed by atoms with E-state index < -0.39 is 26.6 Å². The molecule has 75 heavy (non-hydrogen) atoms. The van der Waals surface area contributed by atoms with Gasteiger partial charge >= 0.3 is 5.97 Å². The molecule has 0 saturated carbocycles. The molecule has 1 amide bonds. The number of phosphoric ester groups is 1. The SMILES string of the molecule is CCCCC/C=C\C/C=C\C/C=C\CCCCCCC(=O)NC(COP(=O)([O-])OCC[N+](C)(C)C)C(/C=C/CCCCCCCCCCC)OC(=O)CCCCCCCCCCCCCCCCCCCCCCC. The molecule has 440 valence electrons. The zero-order valence-corrected chi connectivity index (χ0v) is 51.2. The Bertz CT molecular complexity index is 1420. The number of carbonyl (C=O) groups excluding carboxylic acids is 2. The summed E-state index contributed by atoms with van der Waals surface area (Å²) in [4.78, 5) is 40.0. The molecular weight excluding hydrogens is 952 g/mol. The fourth-order valence-electron chi connectivity index (χ4n) is 9.29. The van der Waals surface area contributed by atoms with Gasteiger partial charge in [-0.3, -0.25) is 14.2 Å². The number of allylic oxidation sites excluding steroid dienone is 7. The largest absolute Gasteiger partial charge is 0.756 e. The number of phosphoric acid groups is 1. The number of esters is 1. The van der Waals surface area contributed by atoms with Crippen LogP contribution in [-0.2, 0) is 27.9 Å². The van der Waals surface area contributed by atoms with Crippen LogP contribution in [0, 0.1) is 0 Å². The maximum Gasteiger partial charge on any atom is 0.306 e. The van der Waals surface area contributed by atoms with E-state index in [0.717, 1.165) is 77.0 Å². The van der Waals surface area contributed by atoms with Crippen LogP contribution < -0.4 is 10.2 Å². The molecule has 0 aromatic rings. The van der Waals surface area contributed by atoms with Gasteiger partial charge < -0.3 is 28.5 Å². The topological polar surface area (TPSA) is 114 Å². The van der Waals surface area contributed by atoms with Crippen LogP contribution in [0.3, 0.4) is 0 Å². The lowest BCUT2D eigenvalue weighted by Crippen LogP contribution is -2.47. The number of nitrogens with one attached hydrogen (secondary N) is 1. The van der Waals surface area contributed by atoms with Crippen LogP contribution in [0.1, 0.15) is 303 Å². The molecule has 1 N–H and O–H groups in total. The molecule has 9 nitrogen and oxygen atoms in total. The van der Waals surface area contributed by atoms with Crippen molar-refractivity contribution in [2.45, 2.75) is 315 Å². The molecule has 0 bridgehead atoms. The molecule has 0 saturated heterocycles. The summed E-state index contributed by atoms with van der Waals surface area (Å²) in [6, 6.07) is -0.897. The average Bonchev–Trinajstić information content (AvgIpc) is 3.37. The maximum atomic E-state index is 13.5. The van der Waals surface area contributed by atoms with E-state index in [9.17, 15) is 19.0 Å². The van der Waals surface area contributed by atoms with Crippen LogP contribution >= 0.6 is 7.82 Å². The van der Waals surface area contributed by atoms with Gasteiger partial charge in [-0.15, -0.1) is 0 Å². The van der Waals surface area contributed by atoms with Crippen LogP contribution in [0.2, 0.25) is 0 Å². The molecule has 0 fully saturated rings. The van der Waals surface area contributed by atoms with Gasteiger partial charge in [0.15, 0.2) is 0 Å². The lowest BCUT2D eigenvalue weighted by Gasteiger charge is -2.30. The number of likely N-dealkylation sites (N-methyl/N-ethyl adjacent to an activating group) is 1. The van der Waals surface area contributed by atoms with E-state index in [2.05, 4.69) is 62.5 Å². The molecule has 0 heterocycles. The molecule has 0 radical (unpaired) electrons. The maximum absolute atomic E-state index is 13.5. The van der Waals surface area contributed by atoms with Gasteiger partial charge in [0.1, 0.15) is 19.3 Å². The first kappa shape index (κ1) is 73.0. The summed E-state index contributed by atoms with van der Waals surface area (Å²) in [5, 5.41) is 3.02. The minimum absolute atomic E-state index is 0.0260. The minimum atomic E-state index is -4.70. The van der Waals surface area contributed by atoms with E-state index in [0.29, 0.717) is 23.9 Å². The number of quaternary nitrogens is 1. The van der Waals surface area contributed by atoms with E-state index >= 15 is 0 Å². The quantitative estimate of drug-likeness (QED) is 0.0212. The van der Waals surface area contributed by atoms with Gasteiger partial charge in [0, 0.05) is 12.8 Å². The Labute approximate surface area is 465 Å². The van der Waals surface area contributed by atoms with Crippen molar-refractivity contribution in [3.63, 3.8) is 0 Å². The normalized spacial score (nSPS) is 14.0. The fraction of sp³-hybridized carbons (Fsp3) is 0.846. The average molecular weight is 1080 g/mol. The van der Waals surface area contributed by atoms with Crippen LogP contribution in [0.4, 0.5) is 0 Å². The minimum Gasteiger partial charge on any atom is -0.756 e. The predicted molar refractivity (Wildman–Crippen MR) is 321 cm³/mol. The third-order valence-electron chi connectivity index (χ3n) is 14.3. The van der Waals surface area contributed by atoms with Crippen molar-refractivity contribution in [3.05, 3.63) is 48.6 Å². The Balaban J connectivity index is 5.18. The summed E-state index contributed by atoms with van der Waals surface area (Å²) in [6.45, 7) is 6.82. The molecule has 0 aliphatic heterocycles. The van der Waals surface area contributed by atoms with Gasteiger partial charge in [-0.05, 0) is 70.3 Å². The Kier molecular flexibility index (Phi) is 53.8. The second-order valence-corrected chi connectivity index (χ2v) is 24.3. The Morgan fingerprint density at radius 3 is 1.24 bits per heavy atom. The highest BCUT2D eigenvalue weighted by atomic mass is 31.2. The number of unbranched alkanes of at least 4 members (excludes halogenated alkanes) is 36. The molecule has 3 unspecified atom stereocenters. The van der Waals surface area contributed by atoms with Crippen molar-refractivity contribution >= 4 is 19.7 Å². The van der Waals surface area contributed by atoms with Gasteiger partial charge in [0.2, 0.25) is 5.91 Å². The summed E-state index contributed by atoms with van der Waals surface area (Å²) in [5.74, 6) is -0.555. The molecule has 0 spiro atoms. The molecule has 10 heteroatoms. The van der Waals surface area contributed by atoms with E-state index in [4.69, 9.17) is 13.8 Å². The van der Waals surface area contributed by atoms with Crippen LogP contribution in [0.5, 0.6) is 0 Å². The van der Waals surface area contributed by atoms with Gasteiger partial charge in [0.05, 0.1) is 33.8 Å². The van der Waals surface area contributed by atoms with Gasteiger partial charge in [-0.25, -0.2) is 0 Å². The van der Waals surface area contributed by atoms with Gasteiger partial charge in [-0.2, -0.15) is 0 Å². The number of carbonyl (C=O) groups is 2. The van der Waals surface area contributed by atoms with Crippen LogP contribution in [0.25, 0.3) is 0 Å². The van der Waals surface area contributed by atoms with Crippen molar-refractivity contribution in [1.82, 2.24) is 5.32 Å². The highest BCUT2D eigenvalue weighted by Crippen LogP contribution is 2.38. The van der Waals surface area contributed by atoms with Crippen molar-refractivity contribution in [2.75, 3.05) is 40.9 Å². The molecule has 0 aliphatic rings. The zero-order chi connectivity index (χ0) is 55.0. The highest BCUT2D eigenvalue weighted by molar-refractivity contribution is 7.45. The smallest absolute Gasteiger partial charge is 0.306 e. The third-order valence-corrected chi connectivity index (χ3v) is 15.2. The van der Waals surface area contributed by atoms with Crippen molar-refractivity contribution < 1.29 is 37.3 Å². The van der Waals surface area contributed by atoms with Crippen molar-refractivity contribution in [2.24, 2.45) is 0 Å². The molecule has 0 aromatic carbocycles. The van der Waals surface area contributed by atoms with E-state index in [-0.39, 0.29) is 24.9 Å². The summed E-state index contributed by atoms with van der Waals surface area (Å²) in [7, 11) is 1.18. The lowest BCUT2D eigenvalue weighted by molar-refractivity contribution is -0.870. The Hall–Kier alpha value is -2.03. The van der Waals surface area contributed by atoms with Crippen LogP contribution in [0.15, 0.2) is 48.6 Å². The summed E-state index contributed by atoms with van der Waals surface area (Å²) >= 11 is 0. The first-order valence-corrected chi connectivity index (χ1v) is 33.4. The number of hydrogen-bond donors (Lipinski definition) is 1. The van der Waals surface area contributed by atoms with E-state index in [1.165, 1.54) is 186 Å². The second-order valence-electron chi connectivity index (χ2n) is 22.9. The summed E-state index contributed by atoms with van der Waals surface area (Å²) in [6.07, 6.45) is 68.0. The van der Waals surface area contributed by atoms with Crippen molar-refractivity contribution in [1.29, 1.82) is 0 Å².